The van der Waals surface area contributed by atoms with E-state index in [0.717, 1.165) is 25.2 Å². The number of hydrogen-bond donors (Lipinski definition) is 1. The average Bonchev–Trinajstić information content (AvgIpc) is 2.88. The third kappa shape index (κ3) is 2.92. The van der Waals surface area contributed by atoms with Gasteiger partial charge in [-0.05, 0) is 25.8 Å². The van der Waals surface area contributed by atoms with Crippen LogP contribution in [-0.2, 0) is 11.2 Å². The van der Waals surface area contributed by atoms with Crippen molar-refractivity contribution >= 4 is 11.3 Å². The Hall–Kier alpha value is -0.450. The number of rotatable bonds is 5. The fourth-order valence-corrected chi connectivity index (χ4v) is 3.93. The molecule has 0 bridgehead atoms. The number of aromatic nitrogens is 1. The number of nitrogens with zero attached hydrogens (tertiary/aromatic N) is 1. The number of nitrogens with one attached hydrogen (secondary N) is 1. The fourth-order valence-electron chi connectivity index (χ4n) is 3.27. The monoisotopic (exact) mass is 268 g/mol. The lowest BCUT2D eigenvalue weighted by Crippen LogP contribution is -2.54. The predicted molar refractivity (Wildman–Crippen MR) is 76.0 cm³/mol. The molecule has 0 radical (unpaired) electrons. The fraction of sp³-hybridized carbons (Fsp3) is 0.786. The summed E-state index contributed by atoms with van der Waals surface area (Å²) in [4.78, 5) is 4.41. The van der Waals surface area contributed by atoms with E-state index in [1.54, 1.807) is 11.3 Å². The van der Waals surface area contributed by atoms with Gasteiger partial charge in [-0.1, -0.05) is 19.8 Å². The van der Waals surface area contributed by atoms with Crippen LogP contribution in [-0.4, -0.2) is 30.8 Å². The molecule has 1 aromatic rings. The zero-order valence-corrected chi connectivity index (χ0v) is 12.4. The summed E-state index contributed by atoms with van der Waals surface area (Å²) in [6, 6.07) is 0.358. The maximum absolute atomic E-state index is 5.97. The SMILES string of the molecule is CNC(Cc1nccs1)C1(OC)CCCC(C)C1. The summed E-state index contributed by atoms with van der Waals surface area (Å²) in [6.45, 7) is 2.34. The molecule has 2 rings (SSSR count). The highest BCUT2D eigenvalue weighted by molar-refractivity contribution is 7.09. The molecule has 1 aliphatic carbocycles. The molecule has 3 unspecified atom stereocenters. The lowest BCUT2D eigenvalue weighted by atomic mass is 9.74. The van der Waals surface area contributed by atoms with Gasteiger partial charge in [0.05, 0.1) is 10.6 Å². The van der Waals surface area contributed by atoms with Crippen LogP contribution in [0.1, 0.15) is 37.6 Å². The first kappa shape index (κ1) is 14.0. The van der Waals surface area contributed by atoms with Crippen molar-refractivity contribution in [1.82, 2.24) is 10.3 Å². The molecule has 1 aliphatic rings. The highest BCUT2D eigenvalue weighted by atomic mass is 32.1. The Morgan fingerprint density at radius 1 is 1.67 bits per heavy atom. The molecular weight excluding hydrogens is 244 g/mol. The maximum Gasteiger partial charge on any atom is 0.0941 e. The first-order chi connectivity index (χ1) is 8.70. The van der Waals surface area contributed by atoms with Crippen molar-refractivity contribution in [3.05, 3.63) is 16.6 Å². The molecule has 102 valence electrons. The van der Waals surface area contributed by atoms with Gasteiger partial charge in [0.1, 0.15) is 0 Å². The summed E-state index contributed by atoms with van der Waals surface area (Å²) in [5.41, 5.74) is -0.0158. The molecule has 3 atom stereocenters. The summed E-state index contributed by atoms with van der Waals surface area (Å²) in [6.07, 6.45) is 7.76. The first-order valence-corrected chi connectivity index (χ1v) is 7.69. The van der Waals surface area contributed by atoms with Crippen LogP contribution >= 0.6 is 11.3 Å². The van der Waals surface area contributed by atoms with Crippen LogP contribution in [0, 0.1) is 5.92 Å². The lowest BCUT2D eigenvalue weighted by molar-refractivity contribution is -0.0775. The van der Waals surface area contributed by atoms with Crippen molar-refractivity contribution in [3.8, 4) is 0 Å². The molecule has 1 N–H and O–H groups in total. The molecule has 1 fully saturated rings. The van der Waals surface area contributed by atoms with Crippen molar-refractivity contribution in [2.45, 2.75) is 50.7 Å². The van der Waals surface area contributed by atoms with E-state index in [1.165, 1.54) is 17.8 Å². The van der Waals surface area contributed by atoms with E-state index in [1.807, 2.05) is 25.7 Å². The second-order valence-corrected chi connectivity index (χ2v) is 6.42. The van der Waals surface area contributed by atoms with Gasteiger partial charge in [-0.3, -0.25) is 0 Å². The van der Waals surface area contributed by atoms with Crippen molar-refractivity contribution < 1.29 is 4.74 Å². The highest BCUT2D eigenvalue weighted by Crippen LogP contribution is 2.38. The third-order valence-electron chi connectivity index (χ3n) is 4.24. The zero-order chi connectivity index (χ0) is 13.0. The summed E-state index contributed by atoms with van der Waals surface area (Å²) in [7, 11) is 3.91. The molecule has 18 heavy (non-hydrogen) atoms. The number of likely N-dealkylation sites (N-methyl/N-ethyl adjacent to an activating group) is 1. The van der Waals surface area contributed by atoms with E-state index in [2.05, 4.69) is 17.2 Å². The Bertz CT molecular complexity index is 355. The topological polar surface area (TPSA) is 34.2 Å². The third-order valence-corrected chi connectivity index (χ3v) is 5.05. The Morgan fingerprint density at radius 3 is 3.06 bits per heavy atom. The van der Waals surface area contributed by atoms with Crippen LogP contribution in [0.3, 0.4) is 0 Å². The highest BCUT2D eigenvalue weighted by Gasteiger charge is 2.41. The van der Waals surface area contributed by atoms with Crippen LogP contribution in [0.4, 0.5) is 0 Å². The minimum absolute atomic E-state index is 0.0158. The van der Waals surface area contributed by atoms with E-state index in [4.69, 9.17) is 4.74 Å². The van der Waals surface area contributed by atoms with Gasteiger partial charge in [0.2, 0.25) is 0 Å². The van der Waals surface area contributed by atoms with E-state index in [0.29, 0.717) is 6.04 Å². The van der Waals surface area contributed by atoms with E-state index >= 15 is 0 Å². The molecule has 1 saturated carbocycles. The minimum Gasteiger partial charge on any atom is -0.377 e. The Morgan fingerprint density at radius 2 is 2.50 bits per heavy atom. The number of hydrogen-bond acceptors (Lipinski definition) is 4. The molecule has 0 aliphatic heterocycles. The number of methoxy groups -OCH3 is 1. The normalized spacial score (nSPS) is 30.3. The second-order valence-electron chi connectivity index (χ2n) is 5.44. The van der Waals surface area contributed by atoms with E-state index < -0.39 is 0 Å². The Kier molecular flexibility index (Phi) is 4.76. The van der Waals surface area contributed by atoms with Gasteiger partial charge in [0, 0.05) is 31.1 Å². The van der Waals surface area contributed by atoms with Crippen molar-refractivity contribution in [3.63, 3.8) is 0 Å². The van der Waals surface area contributed by atoms with Crippen molar-refractivity contribution in [2.75, 3.05) is 14.2 Å². The molecule has 0 saturated heterocycles. The van der Waals surface area contributed by atoms with Gasteiger partial charge < -0.3 is 10.1 Å². The minimum atomic E-state index is -0.0158. The van der Waals surface area contributed by atoms with E-state index in [-0.39, 0.29) is 5.60 Å². The zero-order valence-electron chi connectivity index (χ0n) is 11.6. The molecule has 3 nitrogen and oxygen atoms in total. The van der Waals surface area contributed by atoms with Gasteiger partial charge in [-0.15, -0.1) is 11.3 Å². The van der Waals surface area contributed by atoms with Gasteiger partial charge in [-0.2, -0.15) is 0 Å². The van der Waals surface area contributed by atoms with Crippen molar-refractivity contribution in [1.29, 1.82) is 0 Å². The summed E-state index contributed by atoms with van der Waals surface area (Å²) < 4.78 is 5.97. The standard InChI is InChI=1S/C14H24N2OS/c1-11-5-4-6-14(10-11,17-3)12(15-2)9-13-16-7-8-18-13/h7-8,11-12,15H,4-6,9-10H2,1-3H3. The molecular formula is C14H24N2OS. The number of ether oxygens (including phenoxy) is 1. The summed E-state index contributed by atoms with van der Waals surface area (Å²) >= 11 is 1.73. The molecule has 1 aromatic heterocycles. The average molecular weight is 268 g/mol. The molecule has 0 amide bonds. The van der Waals surface area contributed by atoms with Crippen LogP contribution < -0.4 is 5.32 Å². The summed E-state index contributed by atoms with van der Waals surface area (Å²) in [5.74, 6) is 0.755. The van der Waals surface area contributed by atoms with Gasteiger partial charge in [0.15, 0.2) is 0 Å². The molecule has 0 aromatic carbocycles. The smallest absolute Gasteiger partial charge is 0.0941 e. The predicted octanol–water partition coefficient (Wildman–Crippen LogP) is 2.87. The quantitative estimate of drug-likeness (QED) is 0.891. The molecule has 4 heteroatoms. The summed E-state index contributed by atoms with van der Waals surface area (Å²) in [5, 5.41) is 6.71. The largest absolute Gasteiger partial charge is 0.377 e. The van der Waals surface area contributed by atoms with E-state index in [9.17, 15) is 0 Å². The molecule has 0 spiro atoms. The van der Waals surface area contributed by atoms with Crippen LogP contribution in [0.25, 0.3) is 0 Å². The first-order valence-electron chi connectivity index (χ1n) is 6.81. The lowest BCUT2D eigenvalue weighted by Gasteiger charge is -2.44. The second kappa shape index (κ2) is 6.13. The van der Waals surface area contributed by atoms with Crippen LogP contribution in [0.2, 0.25) is 0 Å². The van der Waals surface area contributed by atoms with Gasteiger partial charge in [-0.25, -0.2) is 4.98 Å². The number of thiazole rings is 1. The van der Waals surface area contributed by atoms with Crippen LogP contribution in [0.5, 0.6) is 0 Å². The van der Waals surface area contributed by atoms with Crippen molar-refractivity contribution in [2.24, 2.45) is 5.92 Å². The Balaban J connectivity index is 2.12. The van der Waals surface area contributed by atoms with Gasteiger partial charge >= 0.3 is 0 Å². The van der Waals surface area contributed by atoms with Crippen LogP contribution in [0.15, 0.2) is 11.6 Å². The Labute approximate surface area is 114 Å². The van der Waals surface area contributed by atoms with Gasteiger partial charge in [0.25, 0.3) is 0 Å². The molecule has 1 heterocycles. The maximum atomic E-state index is 5.97.